The Hall–Kier alpha value is -1.69. The van der Waals surface area contributed by atoms with E-state index in [9.17, 15) is 13.6 Å². The number of hydrogen-bond donors (Lipinski definition) is 1. The largest absolute Gasteiger partial charge is 0.491 e. The van der Waals surface area contributed by atoms with Gasteiger partial charge in [0.15, 0.2) is 0 Å². The van der Waals surface area contributed by atoms with Crippen LogP contribution in [0.3, 0.4) is 0 Å². The van der Waals surface area contributed by atoms with Gasteiger partial charge in [0.1, 0.15) is 29.5 Å². The van der Waals surface area contributed by atoms with E-state index in [0.29, 0.717) is 6.54 Å². The predicted molar refractivity (Wildman–Crippen MR) is 75.2 cm³/mol. The van der Waals surface area contributed by atoms with Gasteiger partial charge in [0.25, 0.3) is 0 Å². The smallest absolute Gasteiger partial charge is 0.329 e. The summed E-state index contributed by atoms with van der Waals surface area (Å²) in [4.78, 5) is 12.0. The first-order valence-electron chi connectivity index (χ1n) is 6.92. The van der Waals surface area contributed by atoms with Crippen LogP contribution in [0.1, 0.15) is 27.2 Å². The van der Waals surface area contributed by atoms with Crippen LogP contribution in [0.25, 0.3) is 0 Å². The van der Waals surface area contributed by atoms with E-state index in [1.54, 1.807) is 13.8 Å². The van der Waals surface area contributed by atoms with Gasteiger partial charge in [0, 0.05) is 18.2 Å². The Morgan fingerprint density at radius 2 is 1.86 bits per heavy atom. The van der Waals surface area contributed by atoms with Crippen molar-refractivity contribution >= 4 is 5.97 Å². The minimum atomic E-state index is -1.07. The molecule has 0 aliphatic rings. The fraction of sp³-hybridized carbons (Fsp3) is 0.533. The normalized spacial score (nSPS) is 13.6. The SMILES string of the molecule is CCCNC(C)(COc1cc(F)cc(F)c1)C(=O)OCC. The number of carbonyl (C=O) groups excluding carboxylic acids is 1. The second-order valence-corrected chi connectivity index (χ2v) is 4.87. The zero-order valence-corrected chi connectivity index (χ0v) is 12.5. The fourth-order valence-electron chi connectivity index (χ4n) is 1.71. The number of hydrogen-bond acceptors (Lipinski definition) is 4. The van der Waals surface area contributed by atoms with E-state index in [2.05, 4.69) is 5.32 Å². The van der Waals surface area contributed by atoms with E-state index in [1.165, 1.54) is 0 Å². The average molecular weight is 301 g/mol. The summed E-state index contributed by atoms with van der Waals surface area (Å²) in [5.41, 5.74) is -1.07. The number of esters is 1. The maximum absolute atomic E-state index is 13.1. The molecular weight excluding hydrogens is 280 g/mol. The van der Waals surface area contributed by atoms with Gasteiger partial charge in [0.05, 0.1) is 6.61 Å². The summed E-state index contributed by atoms with van der Waals surface area (Å²) in [6, 6.07) is 2.88. The van der Waals surface area contributed by atoms with Crippen molar-refractivity contribution in [2.45, 2.75) is 32.7 Å². The van der Waals surface area contributed by atoms with Crippen LogP contribution in [0.2, 0.25) is 0 Å². The highest BCUT2D eigenvalue weighted by atomic mass is 19.1. The molecule has 1 aromatic rings. The second-order valence-electron chi connectivity index (χ2n) is 4.87. The van der Waals surface area contributed by atoms with Crippen molar-refractivity contribution in [3.05, 3.63) is 29.8 Å². The second kappa shape index (κ2) is 7.93. The molecule has 0 aliphatic heterocycles. The van der Waals surface area contributed by atoms with Crippen LogP contribution >= 0.6 is 0 Å². The zero-order chi connectivity index (χ0) is 15.9. The Bertz CT molecular complexity index is 462. The minimum Gasteiger partial charge on any atom is -0.491 e. The molecule has 1 N–H and O–H groups in total. The monoisotopic (exact) mass is 301 g/mol. The Balaban J connectivity index is 2.78. The van der Waals surface area contributed by atoms with Gasteiger partial charge in [-0.2, -0.15) is 0 Å². The van der Waals surface area contributed by atoms with Gasteiger partial charge in [-0.25, -0.2) is 13.6 Å². The Labute approximate surface area is 123 Å². The van der Waals surface area contributed by atoms with Crippen LogP contribution in [0.15, 0.2) is 18.2 Å². The van der Waals surface area contributed by atoms with E-state index >= 15 is 0 Å². The number of rotatable bonds is 8. The lowest BCUT2D eigenvalue weighted by Crippen LogP contribution is -2.55. The number of ether oxygens (including phenoxy) is 2. The van der Waals surface area contributed by atoms with Crippen LogP contribution in [0, 0.1) is 11.6 Å². The standard InChI is InChI=1S/C15H21F2NO3/c1-4-6-18-15(3,14(19)20-5-2)10-21-13-8-11(16)7-12(17)9-13/h7-9,18H,4-6,10H2,1-3H3. The molecule has 21 heavy (non-hydrogen) atoms. The lowest BCUT2D eigenvalue weighted by atomic mass is 10.0. The van der Waals surface area contributed by atoms with E-state index in [4.69, 9.17) is 9.47 Å². The Morgan fingerprint density at radius 3 is 2.38 bits per heavy atom. The summed E-state index contributed by atoms with van der Waals surface area (Å²) in [5.74, 6) is -1.90. The maximum Gasteiger partial charge on any atom is 0.329 e. The molecule has 0 aliphatic carbocycles. The molecule has 0 amide bonds. The van der Waals surface area contributed by atoms with Crippen molar-refractivity contribution in [3.63, 3.8) is 0 Å². The zero-order valence-electron chi connectivity index (χ0n) is 12.5. The van der Waals surface area contributed by atoms with Gasteiger partial charge in [-0.1, -0.05) is 6.92 Å². The lowest BCUT2D eigenvalue weighted by molar-refractivity contribution is -0.151. The van der Waals surface area contributed by atoms with E-state index in [1.807, 2.05) is 6.92 Å². The Morgan fingerprint density at radius 1 is 1.24 bits per heavy atom. The van der Waals surface area contributed by atoms with Gasteiger partial charge in [-0.3, -0.25) is 5.32 Å². The molecule has 0 fully saturated rings. The van der Waals surface area contributed by atoms with Gasteiger partial charge in [-0.05, 0) is 26.8 Å². The van der Waals surface area contributed by atoms with Crippen molar-refractivity contribution in [2.24, 2.45) is 0 Å². The van der Waals surface area contributed by atoms with Crippen LogP contribution in [-0.2, 0) is 9.53 Å². The molecule has 1 atom stereocenters. The van der Waals surface area contributed by atoms with Crippen LogP contribution in [0.4, 0.5) is 8.78 Å². The molecule has 1 unspecified atom stereocenters. The highest BCUT2D eigenvalue weighted by Gasteiger charge is 2.35. The summed E-state index contributed by atoms with van der Waals surface area (Å²) in [7, 11) is 0. The molecule has 118 valence electrons. The quantitative estimate of drug-likeness (QED) is 0.750. The van der Waals surface area contributed by atoms with Crippen molar-refractivity contribution < 1.29 is 23.0 Å². The molecule has 0 saturated carbocycles. The van der Waals surface area contributed by atoms with E-state index < -0.39 is 23.1 Å². The van der Waals surface area contributed by atoms with Crippen molar-refractivity contribution in [1.29, 1.82) is 0 Å². The highest BCUT2D eigenvalue weighted by molar-refractivity contribution is 5.80. The highest BCUT2D eigenvalue weighted by Crippen LogP contribution is 2.18. The first-order chi connectivity index (χ1) is 9.91. The average Bonchev–Trinajstić information content (AvgIpc) is 2.42. The van der Waals surface area contributed by atoms with Gasteiger partial charge < -0.3 is 9.47 Å². The third kappa shape index (κ3) is 5.30. The molecule has 6 heteroatoms. The maximum atomic E-state index is 13.1. The summed E-state index contributed by atoms with van der Waals surface area (Å²) in [6.45, 7) is 6.06. The van der Waals surface area contributed by atoms with Crippen molar-refractivity contribution in [1.82, 2.24) is 5.32 Å². The molecule has 0 bridgehead atoms. The van der Waals surface area contributed by atoms with Gasteiger partial charge >= 0.3 is 5.97 Å². The number of halogens is 2. The molecule has 0 spiro atoms. The van der Waals surface area contributed by atoms with E-state index in [-0.39, 0.29) is 19.0 Å². The van der Waals surface area contributed by atoms with Gasteiger partial charge in [-0.15, -0.1) is 0 Å². The van der Waals surface area contributed by atoms with E-state index in [0.717, 1.165) is 24.6 Å². The van der Waals surface area contributed by atoms with Crippen molar-refractivity contribution in [3.8, 4) is 5.75 Å². The molecular formula is C15H21F2NO3. The third-order valence-corrected chi connectivity index (χ3v) is 2.85. The molecule has 1 rings (SSSR count). The molecule has 4 nitrogen and oxygen atoms in total. The summed E-state index contributed by atoms with van der Waals surface area (Å²) >= 11 is 0. The lowest BCUT2D eigenvalue weighted by Gasteiger charge is -2.28. The first-order valence-corrected chi connectivity index (χ1v) is 6.92. The van der Waals surface area contributed by atoms with Crippen LogP contribution in [0.5, 0.6) is 5.75 Å². The van der Waals surface area contributed by atoms with Crippen LogP contribution in [-0.4, -0.2) is 31.3 Å². The molecule has 0 aromatic heterocycles. The van der Waals surface area contributed by atoms with Crippen molar-refractivity contribution in [2.75, 3.05) is 19.8 Å². The summed E-state index contributed by atoms with van der Waals surface area (Å²) in [5, 5.41) is 3.04. The number of benzene rings is 1. The minimum absolute atomic E-state index is 0.0290. The first kappa shape index (κ1) is 17.4. The summed E-state index contributed by atoms with van der Waals surface area (Å²) < 4.78 is 36.6. The number of carbonyl (C=O) groups is 1. The third-order valence-electron chi connectivity index (χ3n) is 2.85. The fourth-order valence-corrected chi connectivity index (χ4v) is 1.71. The van der Waals surface area contributed by atoms with Gasteiger partial charge in [0.2, 0.25) is 0 Å². The topological polar surface area (TPSA) is 47.6 Å². The molecule has 0 radical (unpaired) electrons. The number of nitrogens with one attached hydrogen (secondary N) is 1. The summed E-state index contributed by atoms with van der Waals surface area (Å²) in [6.07, 6.45) is 0.823. The molecule has 1 aromatic carbocycles. The van der Waals surface area contributed by atoms with Crippen LogP contribution < -0.4 is 10.1 Å². The molecule has 0 heterocycles. The molecule has 0 saturated heterocycles. The predicted octanol–water partition coefficient (Wildman–Crippen LogP) is 2.67. The Kier molecular flexibility index (Phi) is 6.55.